The van der Waals surface area contributed by atoms with Gasteiger partial charge in [-0.3, -0.25) is 14.6 Å². The van der Waals surface area contributed by atoms with Gasteiger partial charge in [-0.15, -0.1) is 10.2 Å². The Balaban J connectivity index is 1.48. The standard InChI is InChI=1S/C21H19ClN6O3S/c1-12-3-6-14(10-16(12)22)23-18(29)11-32-21-26-25-20-24-19(30)17(27-28(20)21)9-13-4-7-15(31-2)8-5-13/h3-8,10H,9,11H2,1-2H3,(H,23,29)(H,24,25,30). The van der Waals surface area contributed by atoms with E-state index in [-0.39, 0.29) is 23.0 Å². The van der Waals surface area contributed by atoms with Gasteiger partial charge in [0.2, 0.25) is 11.1 Å². The molecule has 0 aliphatic rings. The molecule has 2 aromatic heterocycles. The molecule has 0 spiro atoms. The molecule has 1 amide bonds. The van der Waals surface area contributed by atoms with Gasteiger partial charge in [0, 0.05) is 17.1 Å². The quantitative estimate of drug-likeness (QED) is 0.399. The third-order valence-corrected chi connectivity index (χ3v) is 5.97. The van der Waals surface area contributed by atoms with E-state index in [9.17, 15) is 9.59 Å². The second-order valence-electron chi connectivity index (χ2n) is 6.94. The van der Waals surface area contributed by atoms with E-state index in [1.165, 1.54) is 4.52 Å². The van der Waals surface area contributed by atoms with Crippen molar-refractivity contribution < 1.29 is 9.53 Å². The Hall–Kier alpha value is -3.37. The molecule has 164 valence electrons. The monoisotopic (exact) mass is 470 g/mol. The Bertz CT molecular complexity index is 1340. The molecule has 0 aliphatic heterocycles. The number of rotatable bonds is 7. The van der Waals surface area contributed by atoms with Crippen LogP contribution in [0.1, 0.15) is 16.8 Å². The summed E-state index contributed by atoms with van der Waals surface area (Å²) in [5.41, 5.74) is 2.41. The molecule has 0 unspecified atom stereocenters. The number of nitrogens with zero attached hydrogens (tertiary/aromatic N) is 4. The number of halogens is 1. The molecule has 0 aliphatic carbocycles. The van der Waals surface area contributed by atoms with Crippen LogP contribution in [0.15, 0.2) is 52.4 Å². The zero-order valence-electron chi connectivity index (χ0n) is 17.3. The van der Waals surface area contributed by atoms with Crippen molar-refractivity contribution in [3.05, 3.63) is 74.7 Å². The van der Waals surface area contributed by atoms with Crippen LogP contribution in [-0.4, -0.2) is 43.6 Å². The van der Waals surface area contributed by atoms with E-state index < -0.39 is 0 Å². The molecule has 4 rings (SSSR count). The average Bonchev–Trinajstić information content (AvgIpc) is 3.17. The summed E-state index contributed by atoms with van der Waals surface area (Å²) in [6, 6.07) is 12.7. The minimum atomic E-state index is -0.341. The molecule has 0 radical (unpaired) electrons. The molecule has 4 aromatic rings. The number of aromatic nitrogens is 5. The van der Waals surface area contributed by atoms with Crippen molar-refractivity contribution >= 4 is 40.7 Å². The molecule has 32 heavy (non-hydrogen) atoms. The molecule has 0 bridgehead atoms. The van der Waals surface area contributed by atoms with Crippen LogP contribution in [0.5, 0.6) is 5.75 Å². The van der Waals surface area contributed by atoms with Crippen molar-refractivity contribution in [3.63, 3.8) is 0 Å². The fraction of sp³-hybridized carbons (Fsp3) is 0.190. The van der Waals surface area contributed by atoms with Crippen LogP contribution in [0.25, 0.3) is 5.78 Å². The summed E-state index contributed by atoms with van der Waals surface area (Å²) in [5, 5.41) is 16.1. The highest BCUT2D eigenvalue weighted by molar-refractivity contribution is 7.99. The van der Waals surface area contributed by atoms with Crippen LogP contribution >= 0.6 is 23.4 Å². The minimum Gasteiger partial charge on any atom is -0.497 e. The molecule has 2 heterocycles. The number of nitrogens with one attached hydrogen (secondary N) is 2. The highest BCUT2D eigenvalue weighted by atomic mass is 35.5. The van der Waals surface area contributed by atoms with Crippen LogP contribution in [0.4, 0.5) is 5.69 Å². The zero-order valence-corrected chi connectivity index (χ0v) is 18.8. The first kappa shape index (κ1) is 21.8. The van der Waals surface area contributed by atoms with Crippen LogP contribution in [-0.2, 0) is 11.2 Å². The molecular formula is C21H19ClN6O3S. The van der Waals surface area contributed by atoms with E-state index in [0.717, 1.165) is 28.6 Å². The van der Waals surface area contributed by atoms with Crippen molar-refractivity contribution in [2.45, 2.75) is 18.5 Å². The van der Waals surface area contributed by atoms with E-state index in [1.807, 2.05) is 37.3 Å². The van der Waals surface area contributed by atoms with Gasteiger partial charge >= 0.3 is 0 Å². The Kier molecular flexibility index (Phi) is 6.42. The average molecular weight is 471 g/mol. The first-order chi connectivity index (χ1) is 15.4. The van der Waals surface area contributed by atoms with Crippen LogP contribution in [0, 0.1) is 6.92 Å². The van der Waals surface area contributed by atoms with E-state index in [2.05, 4.69) is 25.6 Å². The SMILES string of the molecule is COc1ccc(Cc2nn3c(SCC(=O)Nc4ccc(C)c(Cl)c4)nnc3[nH]c2=O)cc1. The second kappa shape index (κ2) is 9.41. The Morgan fingerprint density at radius 3 is 2.72 bits per heavy atom. The first-order valence-electron chi connectivity index (χ1n) is 9.59. The van der Waals surface area contributed by atoms with Crippen molar-refractivity contribution in [1.29, 1.82) is 0 Å². The Labute approximate surface area is 192 Å². The third kappa shape index (κ3) is 4.92. The molecule has 0 atom stereocenters. The minimum absolute atomic E-state index is 0.0842. The number of carbonyl (C=O) groups excluding carboxylic acids is 1. The number of benzene rings is 2. The highest BCUT2D eigenvalue weighted by Gasteiger charge is 2.14. The summed E-state index contributed by atoms with van der Waals surface area (Å²) in [4.78, 5) is 27.4. The number of hydrogen-bond acceptors (Lipinski definition) is 7. The van der Waals surface area contributed by atoms with E-state index >= 15 is 0 Å². The summed E-state index contributed by atoms with van der Waals surface area (Å²) in [7, 11) is 1.59. The number of carbonyl (C=O) groups is 1. The lowest BCUT2D eigenvalue weighted by atomic mass is 10.1. The topological polar surface area (TPSA) is 114 Å². The van der Waals surface area contributed by atoms with Gasteiger partial charge in [-0.25, -0.2) is 0 Å². The molecule has 9 nitrogen and oxygen atoms in total. The molecule has 0 saturated heterocycles. The van der Waals surface area contributed by atoms with Gasteiger partial charge in [-0.05, 0) is 42.3 Å². The predicted octanol–water partition coefficient (Wildman–Crippen LogP) is 3.10. The molecule has 11 heteroatoms. The number of anilines is 1. The third-order valence-electron chi connectivity index (χ3n) is 4.64. The normalized spacial score (nSPS) is 11.0. The summed E-state index contributed by atoms with van der Waals surface area (Å²) in [6.45, 7) is 1.89. The highest BCUT2D eigenvalue weighted by Crippen LogP contribution is 2.21. The molecule has 0 saturated carbocycles. The lowest BCUT2D eigenvalue weighted by Crippen LogP contribution is -2.19. The summed E-state index contributed by atoms with van der Waals surface area (Å²) in [5.74, 6) is 0.798. The fourth-order valence-electron chi connectivity index (χ4n) is 2.91. The Morgan fingerprint density at radius 2 is 2.00 bits per heavy atom. The predicted molar refractivity (Wildman–Crippen MR) is 123 cm³/mol. The number of ether oxygens (including phenoxy) is 1. The molecule has 2 aromatic carbocycles. The number of fused-ring (bicyclic) bond motifs is 1. The largest absolute Gasteiger partial charge is 0.497 e. The number of methoxy groups -OCH3 is 1. The smallest absolute Gasteiger partial charge is 0.274 e. The van der Waals surface area contributed by atoms with Gasteiger partial charge in [-0.1, -0.05) is 41.6 Å². The van der Waals surface area contributed by atoms with Crippen LogP contribution in [0.3, 0.4) is 0 Å². The maximum atomic E-state index is 12.4. The van der Waals surface area contributed by atoms with Crippen LogP contribution in [0.2, 0.25) is 5.02 Å². The number of amides is 1. The van der Waals surface area contributed by atoms with E-state index in [0.29, 0.717) is 28.0 Å². The lowest BCUT2D eigenvalue weighted by molar-refractivity contribution is -0.113. The first-order valence-corrected chi connectivity index (χ1v) is 11.0. The van der Waals surface area contributed by atoms with Gasteiger partial charge in [0.1, 0.15) is 11.4 Å². The molecule has 2 N–H and O–H groups in total. The fourth-order valence-corrected chi connectivity index (χ4v) is 3.77. The van der Waals surface area contributed by atoms with Gasteiger partial charge in [0.05, 0.1) is 12.9 Å². The van der Waals surface area contributed by atoms with Crippen molar-refractivity contribution in [2.75, 3.05) is 18.2 Å². The lowest BCUT2D eigenvalue weighted by Gasteiger charge is -2.06. The number of H-pyrrole nitrogens is 1. The van der Waals surface area contributed by atoms with Gasteiger partial charge in [0.25, 0.3) is 11.3 Å². The maximum absolute atomic E-state index is 12.4. The van der Waals surface area contributed by atoms with Crippen LogP contribution < -0.4 is 15.6 Å². The number of aryl methyl sites for hydroxylation is 1. The van der Waals surface area contributed by atoms with Gasteiger partial charge < -0.3 is 10.1 Å². The number of aromatic amines is 1. The summed E-state index contributed by atoms with van der Waals surface area (Å²) in [6.07, 6.45) is 0.326. The molecule has 0 fully saturated rings. The molecular weight excluding hydrogens is 452 g/mol. The number of hydrogen-bond donors (Lipinski definition) is 2. The summed E-state index contributed by atoms with van der Waals surface area (Å²) < 4.78 is 6.59. The van der Waals surface area contributed by atoms with Gasteiger partial charge in [0.15, 0.2) is 0 Å². The summed E-state index contributed by atoms with van der Waals surface area (Å²) >= 11 is 7.26. The van der Waals surface area contributed by atoms with E-state index in [1.54, 1.807) is 19.2 Å². The van der Waals surface area contributed by atoms with Crippen molar-refractivity contribution in [2.24, 2.45) is 0 Å². The zero-order chi connectivity index (χ0) is 22.7. The van der Waals surface area contributed by atoms with E-state index in [4.69, 9.17) is 16.3 Å². The van der Waals surface area contributed by atoms with Crippen molar-refractivity contribution in [1.82, 2.24) is 24.8 Å². The second-order valence-corrected chi connectivity index (χ2v) is 8.29. The van der Waals surface area contributed by atoms with Crippen molar-refractivity contribution in [3.8, 4) is 5.75 Å². The maximum Gasteiger partial charge on any atom is 0.274 e. The number of thioether (sulfide) groups is 1. The van der Waals surface area contributed by atoms with Gasteiger partial charge in [-0.2, -0.15) is 9.61 Å². The Morgan fingerprint density at radius 1 is 1.22 bits per heavy atom.